The second kappa shape index (κ2) is 9.67. The Labute approximate surface area is 195 Å². The minimum atomic E-state index is -3.82. The average Bonchev–Trinajstić information content (AvgIpc) is 2.88. The van der Waals surface area contributed by atoms with Crippen LogP contribution in [0.15, 0.2) is 83.8 Å². The number of anilines is 1. The Morgan fingerprint density at radius 3 is 2.24 bits per heavy atom. The van der Waals surface area contributed by atoms with Crippen LogP contribution in [0.1, 0.15) is 34.7 Å². The molecule has 1 heterocycles. The lowest BCUT2D eigenvalue weighted by Crippen LogP contribution is -2.38. The molecule has 0 aromatic heterocycles. The molecule has 33 heavy (non-hydrogen) atoms. The first kappa shape index (κ1) is 22.9. The third kappa shape index (κ3) is 4.88. The molecule has 7 heteroatoms. The van der Waals surface area contributed by atoms with Crippen molar-refractivity contribution in [2.24, 2.45) is 0 Å². The number of piperidine rings is 1. The summed E-state index contributed by atoms with van der Waals surface area (Å²) in [5.41, 5.74) is 2.20. The number of likely N-dealkylation sites (tertiary alicyclic amines) is 1. The number of benzene rings is 3. The van der Waals surface area contributed by atoms with Gasteiger partial charge in [0.25, 0.3) is 15.9 Å². The van der Waals surface area contributed by atoms with Crippen LogP contribution in [0.3, 0.4) is 0 Å². The average molecular weight is 465 g/mol. The largest absolute Gasteiger partial charge is 0.497 e. The number of hydrogen-bond acceptors (Lipinski definition) is 4. The Hall–Kier alpha value is -3.32. The van der Waals surface area contributed by atoms with Crippen molar-refractivity contribution in [3.8, 4) is 5.75 Å². The van der Waals surface area contributed by atoms with Crippen LogP contribution in [0.5, 0.6) is 5.75 Å². The Balaban J connectivity index is 1.48. The zero-order valence-corrected chi connectivity index (χ0v) is 19.7. The molecule has 0 aliphatic carbocycles. The van der Waals surface area contributed by atoms with E-state index >= 15 is 0 Å². The molecule has 4 rings (SSSR count). The molecule has 1 aliphatic rings. The van der Waals surface area contributed by atoms with E-state index in [0.717, 1.165) is 12.8 Å². The van der Waals surface area contributed by atoms with Crippen LogP contribution in [0, 0.1) is 0 Å². The monoisotopic (exact) mass is 464 g/mol. The normalized spacial score (nSPS) is 14.7. The lowest BCUT2D eigenvalue weighted by atomic mass is 9.89. The van der Waals surface area contributed by atoms with Crippen LogP contribution >= 0.6 is 0 Å². The first-order valence-electron chi connectivity index (χ1n) is 11.0. The van der Waals surface area contributed by atoms with Crippen molar-refractivity contribution in [3.63, 3.8) is 0 Å². The van der Waals surface area contributed by atoms with Crippen LogP contribution in [0.4, 0.5) is 5.69 Å². The summed E-state index contributed by atoms with van der Waals surface area (Å²) in [6.45, 7) is 1.31. The molecular weight excluding hydrogens is 436 g/mol. The highest BCUT2D eigenvalue weighted by Crippen LogP contribution is 2.29. The summed E-state index contributed by atoms with van der Waals surface area (Å²) < 4.78 is 32.8. The number of rotatable bonds is 6. The summed E-state index contributed by atoms with van der Waals surface area (Å²) in [6.07, 6.45) is 1.79. The molecule has 3 aromatic carbocycles. The number of carbonyl (C=O) groups excluding carboxylic acids is 1. The minimum absolute atomic E-state index is 0.0887. The van der Waals surface area contributed by atoms with Gasteiger partial charge in [0.1, 0.15) is 5.75 Å². The van der Waals surface area contributed by atoms with Gasteiger partial charge in [-0.25, -0.2) is 8.42 Å². The van der Waals surface area contributed by atoms with Gasteiger partial charge in [0, 0.05) is 25.7 Å². The predicted molar refractivity (Wildman–Crippen MR) is 129 cm³/mol. The molecule has 1 fully saturated rings. The third-order valence-corrected chi connectivity index (χ3v) is 8.01. The van der Waals surface area contributed by atoms with E-state index in [1.807, 2.05) is 23.1 Å². The van der Waals surface area contributed by atoms with Gasteiger partial charge < -0.3 is 9.64 Å². The SMILES string of the molecule is COc1ccc(N(C)S(=O)(=O)c2cccc(C(=O)N3CCC(c4ccccc4)CC3)c2)cc1. The topological polar surface area (TPSA) is 66.9 Å². The molecule has 0 radical (unpaired) electrons. The van der Waals surface area contributed by atoms with Crippen molar-refractivity contribution in [2.45, 2.75) is 23.7 Å². The van der Waals surface area contributed by atoms with Crippen molar-refractivity contribution >= 4 is 21.6 Å². The molecule has 0 bridgehead atoms. The highest BCUT2D eigenvalue weighted by Gasteiger charge is 2.27. The summed E-state index contributed by atoms with van der Waals surface area (Å²) in [7, 11) is -0.764. The van der Waals surface area contributed by atoms with Gasteiger partial charge in [0.15, 0.2) is 0 Å². The zero-order valence-electron chi connectivity index (χ0n) is 18.8. The molecule has 0 saturated carbocycles. The van der Waals surface area contributed by atoms with Gasteiger partial charge in [-0.2, -0.15) is 0 Å². The number of amides is 1. The Morgan fingerprint density at radius 2 is 1.61 bits per heavy atom. The second-order valence-corrected chi connectivity index (χ2v) is 10.1. The van der Waals surface area contributed by atoms with Gasteiger partial charge in [0.2, 0.25) is 0 Å². The van der Waals surface area contributed by atoms with Crippen molar-refractivity contribution in [1.82, 2.24) is 4.90 Å². The van der Waals surface area contributed by atoms with Gasteiger partial charge in [-0.05, 0) is 66.8 Å². The maximum Gasteiger partial charge on any atom is 0.264 e. The minimum Gasteiger partial charge on any atom is -0.497 e. The highest BCUT2D eigenvalue weighted by molar-refractivity contribution is 7.92. The third-order valence-electron chi connectivity index (χ3n) is 6.23. The van der Waals surface area contributed by atoms with Crippen LogP contribution in [-0.2, 0) is 10.0 Å². The molecule has 6 nitrogen and oxygen atoms in total. The second-order valence-electron chi connectivity index (χ2n) is 8.18. The number of sulfonamides is 1. The first-order chi connectivity index (χ1) is 15.9. The van der Waals surface area contributed by atoms with Gasteiger partial charge in [-0.15, -0.1) is 0 Å². The first-order valence-corrected chi connectivity index (χ1v) is 12.4. The van der Waals surface area contributed by atoms with E-state index in [0.29, 0.717) is 36.0 Å². The number of carbonyl (C=O) groups is 1. The number of ether oxygens (including phenoxy) is 1. The van der Waals surface area contributed by atoms with Gasteiger partial charge in [0.05, 0.1) is 17.7 Å². The fraction of sp³-hybridized carbons (Fsp3) is 0.269. The molecule has 0 atom stereocenters. The molecule has 0 spiro atoms. The molecule has 1 aliphatic heterocycles. The van der Waals surface area contributed by atoms with Gasteiger partial charge >= 0.3 is 0 Å². The van der Waals surface area contributed by atoms with Crippen LogP contribution in [0.25, 0.3) is 0 Å². The van der Waals surface area contributed by atoms with E-state index in [9.17, 15) is 13.2 Å². The van der Waals surface area contributed by atoms with Crippen molar-refractivity contribution in [3.05, 3.63) is 90.0 Å². The van der Waals surface area contributed by atoms with Crippen molar-refractivity contribution in [1.29, 1.82) is 0 Å². The number of hydrogen-bond donors (Lipinski definition) is 0. The molecular formula is C26H28N2O4S. The maximum atomic E-state index is 13.2. The maximum absolute atomic E-state index is 13.2. The molecule has 0 N–H and O–H groups in total. The van der Waals surface area contributed by atoms with Crippen LogP contribution in [0.2, 0.25) is 0 Å². The predicted octanol–water partition coefficient (Wildman–Crippen LogP) is 4.54. The molecule has 3 aromatic rings. The van der Waals surface area contributed by atoms with Gasteiger partial charge in [-0.3, -0.25) is 9.10 Å². The Kier molecular flexibility index (Phi) is 6.70. The van der Waals surface area contributed by atoms with Crippen LogP contribution < -0.4 is 9.04 Å². The van der Waals surface area contributed by atoms with E-state index in [1.54, 1.807) is 43.5 Å². The molecule has 0 unspecified atom stereocenters. The van der Waals surface area contributed by atoms with Crippen molar-refractivity contribution in [2.75, 3.05) is 31.6 Å². The number of methoxy groups -OCH3 is 1. The van der Waals surface area contributed by atoms with Crippen molar-refractivity contribution < 1.29 is 17.9 Å². The highest BCUT2D eigenvalue weighted by atomic mass is 32.2. The van der Waals surface area contributed by atoms with Gasteiger partial charge in [-0.1, -0.05) is 36.4 Å². The molecule has 1 saturated heterocycles. The summed E-state index contributed by atoms with van der Waals surface area (Å²) in [6, 6.07) is 23.4. The smallest absolute Gasteiger partial charge is 0.264 e. The fourth-order valence-corrected chi connectivity index (χ4v) is 5.44. The van der Waals surface area contributed by atoms with E-state index in [4.69, 9.17) is 4.74 Å². The van der Waals surface area contributed by atoms with E-state index < -0.39 is 10.0 Å². The lowest BCUT2D eigenvalue weighted by Gasteiger charge is -2.32. The fourth-order valence-electron chi connectivity index (χ4n) is 4.20. The zero-order chi connectivity index (χ0) is 23.4. The van der Waals surface area contributed by atoms with E-state index in [1.165, 1.54) is 29.0 Å². The molecule has 1 amide bonds. The lowest BCUT2D eigenvalue weighted by molar-refractivity contribution is 0.0712. The summed E-state index contributed by atoms with van der Waals surface area (Å²) in [5.74, 6) is 0.957. The summed E-state index contributed by atoms with van der Waals surface area (Å²) in [5, 5.41) is 0. The molecule has 172 valence electrons. The number of nitrogens with zero attached hydrogens (tertiary/aromatic N) is 2. The summed E-state index contributed by atoms with van der Waals surface area (Å²) in [4.78, 5) is 15.0. The van der Waals surface area contributed by atoms with Crippen LogP contribution in [-0.4, -0.2) is 46.5 Å². The standard InChI is InChI=1S/C26H28N2O4S/c1-27(23-11-13-24(32-2)14-12-23)33(30,31)25-10-6-9-22(19-25)26(29)28-17-15-21(16-18-28)20-7-4-3-5-8-20/h3-14,19,21H,15-18H2,1-2H3. The quantitative estimate of drug-likeness (QED) is 0.537. The van der Waals surface area contributed by atoms with E-state index in [-0.39, 0.29) is 10.8 Å². The Morgan fingerprint density at radius 1 is 0.939 bits per heavy atom. The summed E-state index contributed by atoms with van der Waals surface area (Å²) >= 11 is 0. The van der Waals surface area contributed by atoms with E-state index in [2.05, 4.69) is 12.1 Å². The Bertz CT molecular complexity index is 1200.